The Morgan fingerprint density at radius 3 is 2.17 bits per heavy atom. The van der Waals surface area contributed by atoms with E-state index >= 15 is 0 Å². The van der Waals surface area contributed by atoms with E-state index in [4.69, 9.17) is 10.2 Å². The fourth-order valence-electron chi connectivity index (χ4n) is 3.94. The molecule has 156 valence electrons. The molecular weight excluding hydrogens is 368 g/mol. The van der Waals surface area contributed by atoms with Crippen molar-refractivity contribution < 1.29 is 10.2 Å². The molecule has 0 spiro atoms. The monoisotopic (exact) mass is 400 g/mol. The third kappa shape index (κ3) is 6.24. The first-order chi connectivity index (χ1) is 14.6. The van der Waals surface area contributed by atoms with Crippen molar-refractivity contribution in [3.63, 3.8) is 0 Å². The molecule has 0 radical (unpaired) electrons. The van der Waals surface area contributed by atoms with Gasteiger partial charge in [-0.1, -0.05) is 55.6 Å². The van der Waals surface area contributed by atoms with Crippen LogP contribution in [0.3, 0.4) is 0 Å². The van der Waals surface area contributed by atoms with Crippen LogP contribution in [0.5, 0.6) is 0 Å². The third-order valence-electron chi connectivity index (χ3n) is 6.11. The van der Waals surface area contributed by atoms with Crippen molar-refractivity contribution in [3.8, 4) is 23.7 Å². The molecule has 2 aromatic rings. The molecule has 0 aromatic heterocycles. The maximum absolute atomic E-state index is 9.10. The highest BCUT2D eigenvalue weighted by atomic mass is 16.3. The van der Waals surface area contributed by atoms with Crippen LogP contribution in [0.15, 0.2) is 42.5 Å². The second-order valence-electron chi connectivity index (χ2n) is 8.60. The number of hydrogen-bond acceptors (Lipinski definition) is 2. The van der Waals surface area contributed by atoms with Gasteiger partial charge in [-0.2, -0.15) is 0 Å². The molecule has 0 atom stereocenters. The van der Waals surface area contributed by atoms with E-state index in [-0.39, 0.29) is 19.1 Å². The van der Waals surface area contributed by atoms with Crippen LogP contribution in [0.2, 0.25) is 0 Å². The molecule has 2 nitrogen and oxygen atoms in total. The smallest absolute Gasteiger partial charge is 0.0490 e. The van der Waals surface area contributed by atoms with Gasteiger partial charge in [0.05, 0.1) is 0 Å². The summed E-state index contributed by atoms with van der Waals surface area (Å²) < 4.78 is 0. The van der Waals surface area contributed by atoms with Gasteiger partial charge in [-0.25, -0.2) is 0 Å². The van der Waals surface area contributed by atoms with Crippen LogP contribution >= 0.6 is 0 Å². The van der Waals surface area contributed by atoms with Crippen LogP contribution < -0.4 is 0 Å². The van der Waals surface area contributed by atoms with E-state index < -0.39 is 0 Å². The van der Waals surface area contributed by atoms with Crippen LogP contribution in [-0.2, 0) is 0 Å². The lowest BCUT2D eigenvalue weighted by Crippen LogP contribution is -2.10. The molecule has 3 rings (SSSR count). The highest BCUT2D eigenvalue weighted by Crippen LogP contribution is 2.35. The highest BCUT2D eigenvalue weighted by Gasteiger charge is 2.19. The maximum atomic E-state index is 9.10. The van der Waals surface area contributed by atoms with Gasteiger partial charge in [-0.05, 0) is 73.1 Å². The van der Waals surface area contributed by atoms with E-state index in [1.807, 2.05) is 25.1 Å². The summed E-state index contributed by atoms with van der Waals surface area (Å²) in [5.74, 6) is 14.1. The van der Waals surface area contributed by atoms with E-state index in [2.05, 4.69) is 54.9 Å². The van der Waals surface area contributed by atoms with Crippen molar-refractivity contribution >= 4 is 0 Å². The van der Waals surface area contributed by atoms with Gasteiger partial charge in [0.15, 0.2) is 0 Å². The largest absolute Gasteiger partial charge is 0.396 e. The van der Waals surface area contributed by atoms with Crippen LogP contribution in [0.1, 0.15) is 72.8 Å². The van der Waals surface area contributed by atoms with Crippen LogP contribution in [-0.4, -0.2) is 23.4 Å². The molecular formula is C28H32O2. The van der Waals surface area contributed by atoms with Crippen LogP contribution in [0.25, 0.3) is 0 Å². The number of aliphatic hydroxyl groups is 2. The van der Waals surface area contributed by atoms with E-state index in [0.29, 0.717) is 12.3 Å². The van der Waals surface area contributed by atoms with Gasteiger partial charge in [0.1, 0.15) is 0 Å². The zero-order chi connectivity index (χ0) is 21.3. The SMILES string of the molecule is Cc1cc(C#CCC(CO)CO)ccc1C#Cc1ccc(C2CCC(C)CC2)cc1. The van der Waals surface area contributed by atoms with E-state index in [1.165, 1.54) is 31.2 Å². The van der Waals surface area contributed by atoms with Gasteiger partial charge >= 0.3 is 0 Å². The normalized spacial score (nSPS) is 18.3. The first kappa shape index (κ1) is 22.2. The first-order valence-electron chi connectivity index (χ1n) is 11.0. The summed E-state index contributed by atoms with van der Waals surface area (Å²) in [4.78, 5) is 0. The molecule has 0 saturated heterocycles. The van der Waals surface area contributed by atoms with Crippen LogP contribution in [0, 0.1) is 42.4 Å². The number of rotatable bonds is 4. The lowest BCUT2D eigenvalue weighted by molar-refractivity contribution is 0.153. The van der Waals surface area contributed by atoms with E-state index in [0.717, 1.165) is 28.2 Å². The average Bonchev–Trinajstić information content (AvgIpc) is 2.77. The lowest BCUT2D eigenvalue weighted by atomic mass is 9.79. The molecule has 2 heteroatoms. The van der Waals surface area contributed by atoms with Crippen molar-refractivity contribution in [1.82, 2.24) is 0 Å². The van der Waals surface area contributed by atoms with Crippen molar-refractivity contribution in [1.29, 1.82) is 0 Å². The molecule has 1 fully saturated rings. The minimum atomic E-state index is -0.170. The Hall–Kier alpha value is -2.52. The molecule has 0 heterocycles. The predicted molar refractivity (Wildman–Crippen MR) is 123 cm³/mol. The molecule has 1 aliphatic carbocycles. The summed E-state index contributed by atoms with van der Waals surface area (Å²) in [6.07, 6.45) is 5.79. The fraction of sp³-hybridized carbons (Fsp3) is 0.429. The van der Waals surface area contributed by atoms with Gasteiger partial charge in [0, 0.05) is 42.2 Å². The molecule has 0 aliphatic heterocycles. The van der Waals surface area contributed by atoms with Crippen molar-refractivity contribution in [3.05, 3.63) is 70.3 Å². The summed E-state index contributed by atoms with van der Waals surface area (Å²) in [6.45, 7) is 4.33. The second kappa shape index (κ2) is 11.0. The molecule has 2 N–H and O–H groups in total. The molecule has 0 unspecified atom stereocenters. The standard InChI is InChI=1S/C28H32O2/c1-21-6-12-27(13-7-21)28-16-9-23(10-17-28)8-14-26-15-11-24(18-22(26)2)4-3-5-25(19-29)20-30/h9-11,15-18,21,25,27,29-30H,5-7,12-13,19-20H2,1-2H3. The maximum Gasteiger partial charge on any atom is 0.0490 e. The molecule has 1 saturated carbocycles. The Morgan fingerprint density at radius 2 is 1.53 bits per heavy atom. The Labute approximate surface area is 181 Å². The Balaban J connectivity index is 1.64. The summed E-state index contributed by atoms with van der Waals surface area (Å²) >= 11 is 0. The summed E-state index contributed by atoms with van der Waals surface area (Å²) in [5.41, 5.74) is 5.54. The van der Waals surface area contributed by atoms with Gasteiger partial charge in [0.2, 0.25) is 0 Å². The molecule has 0 bridgehead atoms. The quantitative estimate of drug-likeness (QED) is 0.707. The Morgan fingerprint density at radius 1 is 0.867 bits per heavy atom. The van der Waals surface area contributed by atoms with Gasteiger partial charge in [-0.3, -0.25) is 0 Å². The van der Waals surface area contributed by atoms with E-state index in [1.54, 1.807) is 0 Å². The average molecular weight is 401 g/mol. The zero-order valence-electron chi connectivity index (χ0n) is 18.1. The summed E-state index contributed by atoms with van der Waals surface area (Å²) in [6, 6.07) is 14.8. The van der Waals surface area contributed by atoms with Crippen molar-refractivity contribution in [2.45, 2.75) is 51.9 Å². The summed E-state index contributed by atoms with van der Waals surface area (Å²) in [7, 11) is 0. The summed E-state index contributed by atoms with van der Waals surface area (Å²) in [5, 5.41) is 18.2. The van der Waals surface area contributed by atoms with Gasteiger partial charge in [-0.15, -0.1) is 0 Å². The predicted octanol–water partition coefficient (Wildman–Crippen LogP) is 5.03. The van der Waals surface area contributed by atoms with Crippen molar-refractivity contribution in [2.75, 3.05) is 13.2 Å². The van der Waals surface area contributed by atoms with Crippen molar-refractivity contribution in [2.24, 2.45) is 11.8 Å². The highest BCUT2D eigenvalue weighted by molar-refractivity contribution is 5.50. The Kier molecular flexibility index (Phi) is 8.15. The van der Waals surface area contributed by atoms with Crippen LogP contribution in [0.4, 0.5) is 0 Å². The van der Waals surface area contributed by atoms with E-state index in [9.17, 15) is 0 Å². The second-order valence-corrected chi connectivity index (χ2v) is 8.60. The first-order valence-corrected chi connectivity index (χ1v) is 11.0. The molecule has 30 heavy (non-hydrogen) atoms. The van der Waals surface area contributed by atoms with Gasteiger partial charge in [0.25, 0.3) is 0 Å². The molecule has 1 aliphatic rings. The number of aryl methyl sites for hydroxylation is 1. The zero-order valence-corrected chi connectivity index (χ0v) is 18.1. The number of hydrogen-bond donors (Lipinski definition) is 2. The topological polar surface area (TPSA) is 40.5 Å². The molecule has 2 aromatic carbocycles. The minimum absolute atomic E-state index is 0.0421. The Bertz CT molecular complexity index is 938. The van der Waals surface area contributed by atoms with Gasteiger partial charge < -0.3 is 10.2 Å². The fourth-order valence-corrected chi connectivity index (χ4v) is 3.94. The molecule has 0 amide bonds. The lowest BCUT2D eigenvalue weighted by Gasteiger charge is -2.26. The number of benzene rings is 2. The minimum Gasteiger partial charge on any atom is -0.396 e. The third-order valence-corrected chi connectivity index (χ3v) is 6.11. The number of aliphatic hydroxyl groups excluding tert-OH is 2.